The van der Waals surface area contributed by atoms with Crippen molar-refractivity contribution < 1.29 is 47.5 Å². The zero-order valence-electron chi connectivity index (χ0n) is 29.9. The topological polar surface area (TPSA) is 122 Å². The lowest BCUT2D eigenvalue weighted by atomic mass is 9.42. The fraction of sp³-hybridized carbons (Fsp3) is 0.763. The highest BCUT2D eigenvalue weighted by Gasteiger charge is 2.94. The highest BCUT2D eigenvalue weighted by atomic mass is 16.7. The van der Waals surface area contributed by atoms with Crippen molar-refractivity contribution in [2.24, 2.45) is 40.4 Å². The molecule has 9 rings (SSSR count). The van der Waals surface area contributed by atoms with E-state index < -0.39 is 33.9 Å². The van der Waals surface area contributed by atoms with Crippen LogP contribution in [0.2, 0.25) is 0 Å². The van der Waals surface area contributed by atoms with Gasteiger partial charge in [0, 0.05) is 82.3 Å². The number of ether oxygens (including phenoxy) is 7. The number of anilines is 1. The molecule has 3 aliphatic heterocycles. The molecule has 7 bridgehead atoms. The number of esters is 1. The maximum atomic E-state index is 14.2. The van der Waals surface area contributed by atoms with Crippen LogP contribution in [0.1, 0.15) is 56.3 Å². The molecule has 3 saturated heterocycles. The number of likely N-dealkylation sites (tertiary alicyclic amines) is 1. The van der Waals surface area contributed by atoms with Gasteiger partial charge in [-0.25, -0.2) is 9.69 Å². The molecule has 0 aromatic heterocycles. The zero-order chi connectivity index (χ0) is 35.0. The molecule has 272 valence electrons. The minimum Gasteiger partial charge on any atom is -0.461 e. The fourth-order valence-corrected chi connectivity index (χ4v) is 13.9. The molecule has 0 radical (unpaired) electrons. The third kappa shape index (κ3) is 3.64. The van der Waals surface area contributed by atoms with Gasteiger partial charge < -0.3 is 33.2 Å². The molecule has 3 spiro atoms. The average Bonchev–Trinajstić information content (AvgIpc) is 3.78. The molecular weight excluding hydrogens is 644 g/mol. The molecule has 1 aromatic carbocycles. The first-order valence-corrected chi connectivity index (χ1v) is 18.4. The Labute approximate surface area is 293 Å². The molecule has 8 fully saturated rings. The van der Waals surface area contributed by atoms with Crippen molar-refractivity contribution in [2.75, 3.05) is 59.8 Å². The summed E-state index contributed by atoms with van der Waals surface area (Å²) in [6.07, 6.45) is 2.77. The van der Waals surface area contributed by atoms with Crippen molar-refractivity contribution >= 4 is 23.5 Å². The Balaban J connectivity index is 1.16. The quantitative estimate of drug-likeness (QED) is 0.280. The molecule has 50 heavy (non-hydrogen) atoms. The second-order valence-electron chi connectivity index (χ2n) is 16.3. The molecule has 3 heterocycles. The predicted octanol–water partition coefficient (Wildman–Crippen LogP) is 3.05. The van der Waals surface area contributed by atoms with Crippen molar-refractivity contribution in [1.29, 1.82) is 0 Å². The molecule has 12 nitrogen and oxygen atoms in total. The number of fused-ring (bicyclic) bond motifs is 1. The van der Waals surface area contributed by atoms with E-state index >= 15 is 0 Å². The second kappa shape index (κ2) is 11.3. The zero-order valence-corrected chi connectivity index (χ0v) is 29.9. The number of methoxy groups -OCH3 is 4. The first-order valence-electron chi connectivity index (χ1n) is 18.4. The monoisotopic (exact) mass is 694 g/mol. The van der Waals surface area contributed by atoms with E-state index in [4.69, 9.17) is 33.2 Å². The van der Waals surface area contributed by atoms with Gasteiger partial charge in [0.2, 0.25) is 11.8 Å². The highest BCUT2D eigenvalue weighted by Crippen LogP contribution is 2.82. The number of hydrogen-bond donors (Lipinski definition) is 0. The number of likely N-dealkylation sites (N-methyl/N-ethyl adjacent to an activating group) is 1. The molecule has 14 atom stereocenters. The van der Waals surface area contributed by atoms with E-state index in [1.165, 1.54) is 0 Å². The Kier molecular flexibility index (Phi) is 7.53. The van der Waals surface area contributed by atoms with Crippen molar-refractivity contribution in [3.05, 3.63) is 29.8 Å². The molecule has 1 aromatic rings. The van der Waals surface area contributed by atoms with Crippen LogP contribution in [-0.2, 0) is 42.7 Å². The van der Waals surface area contributed by atoms with E-state index in [1.807, 2.05) is 14.2 Å². The van der Waals surface area contributed by atoms with Gasteiger partial charge in [0.05, 0.1) is 48.3 Å². The molecule has 5 saturated carbocycles. The van der Waals surface area contributed by atoms with E-state index in [0.29, 0.717) is 13.0 Å². The van der Waals surface area contributed by atoms with Crippen LogP contribution in [0.15, 0.2) is 24.3 Å². The van der Waals surface area contributed by atoms with Crippen molar-refractivity contribution in [1.82, 2.24) is 4.90 Å². The number of carbonyl (C=O) groups excluding carboxylic acids is 3. The van der Waals surface area contributed by atoms with Gasteiger partial charge in [0.25, 0.3) is 0 Å². The molecule has 1 unspecified atom stereocenters. The van der Waals surface area contributed by atoms with Gasteiger partial charge in [-0.05, 0) is 43.9 Å². The van der Waals surface area contributed by atoms with Gasteiger partial charge >= 0.3 is 5.97 Å². The Morgan fingerprint density at radius 2 is 1.84 bits per heavy atom. The molecule has 12 heteroatoms. The maximum Gasteiger partial charge on any atom is 0.340 e. The minimum atomic E-state index is -0.820. The summed E-state index contributed by atoms with van der Waals surface area (Å²) in [7, 11) is 7.24. The van der Waals surface area contributed by atoms with Gasteiger partial charge in [-0.2, -0.15) is 0 Å². The second-order valence-corrected chi connectivity index (χ2v) is 16.3. The lowest BCUT2D eigenvalue weighted by Gasteiger charge is -2.70. The number of hydrogen-bond acceptors (Lipinski definition) is 11. The summed E-state index contributed by atoms with van der Waals surface area (Å²) < 4.78 is 46.5. The van der Waals surface area contributed by atoms with E-state index in [0.717, 1.165) is 30.7 Å². The number of piperidine rings is 1. The Bertz CT molecular complexity index is 1610. The summed E-state index contributed by atoms with van der Waals surface area (Å²) in [5, 5.41) is 0. The first kappa shape index (κ1) is 33.4. The standard InChI is InChI=1S/C38H50N2O10/c1-7-39-17-35(18-48-33(43)21-10-8-9-11-24(21)40-27(41)14-20(2)32(40)42)13-12-26(45-4)37-23-15-22-25(44-3)16-36(28(23)29(22)46-5)38(34(37)39,50-19-49-36)31(47-6)30(35)37/h8-11,20,22-23,25-26,28-31,34H,7,12-19H2,1-6H3/t20-,22+,23+,25-,26-,28+,29-,30+,31-,34?,35-,36+,37-,38-/m0/s1. The number of carbonyl (C=O) groups is 3. The van der Waals surface area contributed by atoms with E-state index in [2.05, 4.69) is 11.8 Å². The van der Waals surface area contributed by atoms with Crippen LogP contribution < -0.4 is 4.90 Å². The average molecular weight is 695 g/mol. The Hall–Kier alpha value is -2.45. The lowest BCUT2D eigenvalue weighted by Crippen LogP contribution is -2.81. The van der Waals surface area contributed by atoms with Crippen LogP contribution in [0.4, 0.5) is 5.69 Å². The van der Waals surface area contributed by atoms with Crippen LogP contribution >= 0.6 is 0 Å². The fourth-order valence-electron chi connectivity index (χ4n) is 13.9. The minimum absolute atomic E-state index is 0.0457. The molecule has 2 amide bonds. The van der Waals surface area contributed by atoms with Crippen LogP contribution in [-0.4, -0.2) is 119 Å². The number of amides is 2. The van der Waals surface area contributed by atoms with Gasteiger partial charge in [-0.1, -0.05) is 26.0 Å². The number of rotatable bonds is 9. The van der Waals surface area contributed by atoms with Crippen molar-refractivity contribution in [3.63, 3.8) is 0 Å². The summed E-state index contributed by atoms with van der Waals surface area (Å²) >= 11 is 0. The molecule has 8 aliphatic rings. The van der Waals surface area contributed by atoms with E-state index in [9.17, 15) is 14.4 Å². The predicted molar refractivity (Wildman–Crippen MR) is 177 cm³/mol. The molecule has 5 aliphatic carbocycles. The molecular formula is C38H50N2O10. The number of imide groups is 1. The van der Waals surface area contributed by atoms with Gasteiger partial charge in [-0.15, -0.1) is 0 Å². The van der Waals surface area contributed by atoms with Gasteiger partial charge in [0.1, 0.15) is 18.0 Å². The summed E-state index contributed by atoms with van der Waals surface area (Å²) in [5.74, 6) is -1.22. The van der Waals surface area contributed by atoms with Crippen LogP contribution in [0.25, 0.3) is 0 Å². The Morgan fingerprint density at radius 3 is 2.52 bits per heavy atom. The van der Waals surface area contributed by atoms with E-state index in [1.54, 1.807) is 45.4 Å². The summed E-state index contributed by atoms with van der Waals surface area (Å²) in [6.45, 7) is 5.73. The van der Waals surface area contributed by atoms with E-state index in [-0.39, 0.29) is 97.0 Å². The third-order valence-electron chi connectivity index (χ3n) is 15.1. The largest absolute Gasteiger partial charge is 0.461 e. The van der Waals surface area contributed by atoms with Crippen LogP contribution in [0.5, 0.6) is 0 Å². The third-order valence-corrected chi connectivity index (χ3v) is 15.1. The number of benzene rings is 1. The van der Waals surface area contributed by atoms with Crippen LogP contribution in [0, 0.1) is 40.4 Å². The smallest absolute Gasteiger partial charge is 0.340 e. The lowest BCUT2D eigenvalue weighted by molar-refractivity contribution is -0.286. The summed E-state index contributed by atoms with van der Waals surface area (Å²) in [4.78, 5) is 43.8. The Morgan fingerprint density at radius 1 is 1.04 bits per heavy atom. The normalized spacial score (nSPS) is 48.3. The summed E-state index contributed by atoms with van der Waals surface area (Å²) in [6, 6.07) is 6.72. The van der Waals surface area contributed by atoms with Crippen molar-refractivity contribution in [3.8, 4) is 0 Å². The number of para-hydroxylation sites is 1. The summed E-state index contributed by atoms with van der Waals surface area (Å²) in [5.41, 5.74) is -1.91. The van der Waals surface area contributed by atoms with Gasteiger partial charge in [-0.3, -0.25) is 14.5 Å². The first-order chi connectivity index (χ1) is 24.1. The van der Waals surface area contributed by atoms with Crippen LogP contribution in [0.3, 0.4) is 0 Å². The molecule has 0 N–H and O–H groups in total. The van der Waals surface area contributed by atoms with Crippen molar-refractivity contribution in [2.45, 2.75) is 87.6 Å². The number of nitrogens with zero attached hydrogens (tertiary/aromatic N) is 2. The SMILES string of the molecule is CCN1C[C@]2(COC(=O)c3ccccc3N3C(=O)C[C@H](C)C3=O)CC[C@H](OC)[C@@]34C1[C@@]1(OCO[C@@]15C[C@H](OC)[C@H]1C[C@@H]3[C@@H]5[C@H]1OC)[C@@H](OC)[C@H]24. The van der Waals surface area contributed by atoms with Gasteiger partial charge in [0.15, 0.2) is 0 Å². The highest BCUT2D eigenvalue weighted by molar-refractivity contribution is 6.22. The maximum absolute atomic E-state index is 14.2.